The Morgan fingerprint density at radius 2 is 1.71 bits per heavy atom. The molecule has 1 N–H and O–H groups in total. The number of hydrogen-bond donors (Lipinski definition) is 1. The summed E-state index contributed by atoms with van der Waals surface area (Å²) in [7, 11) is 0. The number of piperazine rings is 1. The molecule has 1 saturated heterocycles. The van der Waals surface area contributed by atoms with Crippen molar-refractivity contribution < 1.29 is 14.7 Å². The topological polar surface area (TPSA) is 60.9 Å². The summed E-state index contributed by atoms with van der Waals surface area (Å²) < 4.78 is 0. The highest BCUT2D eigenvalue weighted by atomic mass is 16.4. The molecule has 0 bridgehead atoms. The zero-order valence-electron chi connectivity index (χ0n) is 12.6. The van der Waals surface area contributed by atoms with Gasteiger partial charge in [-0.05, 0) is 25.5 Å². The molecule has 0 saturated carbocycles. The van der Waals surface area contributed by atoms with E-state index in [2.05, 4.69) is 0 Å². The van der Waals surface area contributed by atoms with Crippen molar-refractivity contribution in [1.29, 1.82) is 0 Å². The predicted octanol–water partition coefficient (Wildman–Crippen LogP) is 1.62. The summed E-state index contributed by atoms with van der Waals surface area (Å²) in [4.78, 5) is 27.3. The lowest BCUT2D eigenvalue weighted by Crippen LogP contribution is -2.53. The number of nitrogens with zero attached hydrogens (tertiary/aromatic N) is 2. The van der Waals surface area contributed by atoms with Crippen LogP contribution in [0.15, 0.2) is 24.3 Å². The molecular formula is C16H22N2O3. The highest BCUT2D eigenvalue weighted by Crippen LogP contribution is 2.13. The number of benzene rings is 1. The minimum absolute atomic E-state index is 0.0259. The number of aliphatic carboxylic acids is 1. The molecule has 1 unspecified atom stereocenters. The van der Waals surface area contributed by atoms with Gasteiger partial charge >= 0.3 is 5.97 Å². The highest BCUT2D eigenvalue weighted by Gasteiger charge is 2.29. The number of hydrogen-bond acceptors (Lipinski definition) is 3. The molecular weight excluding hydrogens is 268 g/mol. The Morgan fingerprint density at radius 1 is 1.14 bits per heavy atom. The van der Waals surface area contributed by atoms with Gasteiger partial charge in [0.05, 0.1) is 0 Å². The zero-order chi connectivity index (χ0) is 15.4. The fourth-order valence-corrected chi connectivity index (χ4v) is 2.70. The molecule has 1 aliphatic rings. The molecule has 1 atom stereocenters. The summed E-state index contributed by atoms with van der Waals surface area (Å²) in [5.74, 6) is -0.756. The summed E-state index contributed by atoms with van der Waals surface area (Å²) in [5, 5.41) is 9.18. The summed E-state index contributed by atoms with van der Waals surface area (Å²) >= 11 is 0. The molecule has 1 aliphatic heterocycles. The van der Waals surface area contributed by atoms with Crippen LogP contribution in [-0.2, 0) is 4.79 Å². The maximum absolute atomic E-state index is 12.4. The van der Waals surface area contributed by atoms with Gasteiger partial charge in [0.15, 0.2) is 0 Å². The van der Waals surface area contributed by atoms with Crippen molar-refractivity contribution in [3.8, 4) is 0 Å². The fraction of sp³-hybridized carbons (Fsp3) is 0.500. The molecule has 1 heterocycles. The van der Waals surface area contributed by atoms with Gasteiger partial charge < -0.3 is 10.0 Å². The first-order valence-corrected chi connectivity index (χ1v) is 7.35. The third kappa shape index (κ3) is 3.61. The number of carbonyl (C=O) groups is 2. The Kier molecular flexibility index (Phi) is 4.96. The van der Waals surface area contributed by atoms with Gasteiger partial charge in [0, 0.05) is 31.7 Å². The van der Waals surface area contributed by atoms with Crippen LogP contribution in [0.2, 0.25) is 0 Å². The van der Waals surface area contributed by atoms with Gasteiger partial charge in [0.25, 0.3) is 5.91 Å². The van der Waals surface area contributed by atoms with Crippen molar-refractivity contribution in [2.75, 3.05) is 26.2 Å². The molecule has 0 spiro atoms. The smallest absolute Gasteiger partial charge is 0.320 e. The quantitative estimate of drug-likeness (QED) is 0.915. The van der Waals surface area contributed by atoms with Gasteiger partial charge in [0.1, 0.15) is 6.04 Å². The van der Waals surface area contributed by atoms with Crippen molar-refractivity contribution >= 4 is 11.9 Å². The zero-order valence-corrected chi connectivity index (χ0v) is 12.6. The molecule has 114 valence electrons. The number of carboxylic acids is 1. The second-order valence-electron chi connectivity index (χ2n) is 5.46. The maximum Gasteiger partial charge on any atom is 0.320 e. The van der Waals surface area contributed by atoms with Crippen molar-refractivity contribution in [1.82, 2.24) is 9.80 Å². The van der Waals surface area contributed by atoms with Crippen molar-refractivity contribution in [3.63, 3.8) is 0 Å². The van der Waals surface area contributed by atoms with E-state index in [0.717, 1.165) is 5.56 Å². The van der Waals surface area contributed by atoms with Crippen LogP contribution in [0.3, 0.4) is 0 Å². The van der Waals surface area contributed by atoms with E-state index in [1.807, 2.05) is 43.0 Å². The molecule has 0 radical (unpaired) electrons. The van der Waals surface area contributed by atoms with Crippen LogP contribution in [-0.4, -0.2) is 59.0 Å². The van der Waals surface area contributed by atoms with Crippen molar-refractivity contribution in [2.45, 2.75) is 26.3 Å². The molecule has 0 aromatic heterocycles. The first-order chi connectivity index (χ1) is 10.0. The van der Waals surface area contributed by atoms with E-state index in [4.69, 9.17) is 0 Å². The molecule has 1 amide bonds. The normalized spacial score (nSPS) is 17.5. The number of amides is 1. The van der Waals surface area contributed by atoms with Crippen LogP contribution < -0.4 is 0 Å². The van der Waals surface area contributed by atoms with Crippen molar-refractivity contribution in [3.05, 3.63) is 35.4 Å². The average molecular weight is 290 g/mol. The van der Waals surface area contributed by atoms with Gasteiger partial charge in [-0.3, -0.25) is 14.5 Å². The minimum atomic E-state index is -0.782. The van der Waals surface area contributed by atoms with E-state index in [1.54, 1.807) is 4.90 Å². The summed E-state index contributed by atoms with van der Waals surface area (Å²) in [6.07, 6.45) is 0.585. The van der Waals surface area contributed by atoms with E-state index in [-0.39, 0.29) is 5.91 Å². The van der Waals surface area contributed by atoms with E-state index in [0.29, 0.717) is 38.2 Å². The summed E-state index contributed by atoms with van der Waals surface area (Å²) in [5.41, 5.74) is 1.82. The second-order valence-corrected chi connectivity index (χ2v) is 5.46. The summed E-state index contributed by atoms with van der Waals surface area (Å²) in [6, 6.07) is 7.11. The SMILES string of the molecule is CCC(C(=O)O)N1CCN(C(=O)c2ccc(C)cc2)CC1. The Balaban J connectivity index is 1.96. The van der Waals surface area contributed by atoms with Crippen LogP contribution >= 0.6 is 0 Å². The Bertz CT molecular complexity index is 505. The molecule has 5 heteroatoms. The molecule has 0 aliphatic carbocycles. The van der Waals surface area contributed by atoms with E-state index in [1.165, 1.54) is 0 Å². The maximum atomic E-state index is 12.4. The summed E-state index contributed by atoms with van der Waals surface area (Å²) in [6.45, 7) is 6.25. The molecule has 1 aromatic carbocycles. The van der Waals surface area contributed by atoms with Crippen LogP contribution in [0.5, 0.6) is 0 Å². The molecule has 21 heavy (non-hydrogen) atoms. The molecule has 1 fully saturated rings. The average Bonchev–Trinajstić information content (AvgIpc) is 2.48. The monoisotopic (exact) mass is 290 g/mol. The molecule has 2 rings (SSSR count). The third-order valence-corrected chi connectivity index (χ3v) is 4.01. The Labute approximate surface area is 125 Å². The van der Waals surface area contributed by atoms with Crippen LogP contribution in [0.25, 0.3) is 0 Å². The lowest BCUT2D eigenvalue weighted by molar-refractivity contribution is -0.144. The minimum Gasteiger partial charge on any atom is -0.480 e. The van der Waals surface area contributed by atoms with Gasteiger partial charge in [-0.2, -0.15) is 0 Å². The van der Waals surface area contributed by atoms with Gasteiger partial charge in [-0.25, -0.2) is 0 Å². The highest BCUT2D eigenvalue weighted by molar-refractivity contribution is 5.94. The number of carboxylic acid groups (broad SMARTS) is 1. The van der Waals surface area contributed by atoms with Gasteiger partial charge in [-0.15, -0.1) is 0 Å². The van der Waals surface area contributed by atoms with Crippen molar-refractivity contribution in [2.24, 2.45) is 0 Å². The number of carbonyl (C=O) groups excluding carboxylic acids is 1. The Hall–Kier alpha value is -1.88. The largest absolute Gasteiger partial charge is 0.480 e. The van der Waals surface area contributed by atoms with Crippen LogP contribution in [0, 0.1) is 6.92 Å². The molecule has 1 aromatic rings. The van der Waals surface area contributed by atoms with Crippen LogP contribution in [0.1, 0.15) is 29.3 Å². The van der Waals surface area contributed by atoms with Crippen LogP contribution in [0.4, 0.5) is 0 Å². The van der Waals surface area contributed by atoms with E-state index >= 15 is 0 Å². The fourth-order valence-electron chi connectivity index (χ4n) is 2.70. The first kappa shape index (κ1) is 15.5. The van der Waals surface area contributed by atoms with Gasteiger partial charge in [-0.1, -0.05) is 24.6 Å². The second kappa shape index (κ2) is 6.72. The lowest BCUT2D eigenvalue weighted by atomic mass is 10.1. The van der Waals surface area contributed by atoms with E-state index in [9.17, 15) is 14.7 Å². The standard InChI is InChI=1S/C16H22N2O3/c1-3-14(16(20)21)17-8-10-18(11-9-17)15(19)13-6-4-12(2)5-7-13/h4-7,14H,3,8-11H2,1-2H3,(H,20,21). The predicted molar refractivity (Wildman–Crippen MR) is 80.4 cm³/mol. The van der Waals surface area contributed by atoms with E-state index < -0.39 is 12.0 Å². The number of rotatable bonds is 4. The lowest BCUT2D eigenvalue weighted by Gasteiger charge is -2.37. The molecule has 5 nitrogen and oxygen atoms in total. The number of aryl methyl sites for hydroxylation is 1. The Morgan fingerprint density at radius 3 is 2.19 bits per heavy atom. The third-order valence-electron chi connectivity index (χ3n) is 4.01. The van der Waals surface area contributed by atoms with Gasteiger partial charge in [0.2, 0.25) is 0 Å². The first-order valence-electron chi connectivity index (χ1n) is 7.35.